The molecule has 0 bridgehead atoms. The van der Waals surface area contributed by atoms with Crippen molar-refractivity contribution in [2.75, 3.05) is 13.2 Å². The zero-order valence-corrected chi connectivity index (χ0v) is 34.0. The van der Waals surface area contributed by atoms with Crippen molar-refractivity contribution in [1.29, 1.82) is 0 Å². The number of hydrogen-bond acceptors (Lipinski definition) is 11. The second kappa shape index (κ2) is 17.0. The van der Waals surface area contributed by atoms with Gasteiger partial charge in [-0.1, -0.05) is 39.3 Å². The van der Waals surface area contributed by atoms with Crippen molar-refractivity contribution >= 4 is 35.6 Å². The molecule has 11 heteroatoms. The number of carbonyl (C=O) groups is 6. The first-order valence-electron chi connectivity index (χ1n) is 20.0. The van der Waals surface area contributed by atoms with E-state index < -0.39 is 35.4 Å². The normalized spacial score (nSPS) is 27.2. The highest BCUT2D eigenvalue weighted by atomic mass is 16.6. The lowest BCUT2D eigenvalue weighted by Crippen LogP contribution is -2.51. The van der Waals surface area contributed by atoms with Crippen LogP contribution >= 0.6 is 0 Å². The number of allylic oxidation sites excluding steroid dienone is 1. The van der Waals surface area contributed by atoms with Gasteiger partial charge < -0.3 is 23.7 Å². The lowest BCUT2D eigenvalue weighted by molar-refractivity contribution is -0.165. The summed E-state index contributed by atoms with van der Waals surface area (Å²) in [5.74, 6) is -0.294. The van der Waals surface area contributed by atoms with E-state index in [1.165, 1.54) is 19.4 Å². The Morgan fingerprint density at radius 3 is 2.18 bits per heavy atom. The minimum Gasteiger partial charge on any atom is -0.462 e. The van der Waals surface area contributed by atoms with Crippen molar-refractivity contribution in [3.63, 3.8) is 0 Å². The molecule has 1 aromatic rings. The topological polar surface area (TPSA) is 149 Å². The SMILES string of the molecule is CC(=O)OCC(COC(C)=O)OC(=O)CCCC(=O)Oc1cc(C)cc(C)c1C(C)(C)CC(=O)OC1CC[C@H]2[C@@H]3CCC4=CC(=O)CCC4(C)[C@H]3CCC12C. The Morgan fingerprint density at radius 2 is 1.51 bits per heavy atom. The van der Waals surface area contributed by atoms with E-state index in [1.807, 2.05) is 39.8 Å². The zero-order valence-electron chi connectivity index (χ0n) is 34.0. The maximum absolute atomic E-state index is 13.8. The molecule has 55 heavy (non-hydrogen) atoms. The largest absolute Gasteiger partial charge is 0.462 e. The Hall–Kier alpha value is -4.02. The molecule has 1 aromatic carbocycles. The van der Waals surface area contributed by atoms with Gasteiger partial charge in [-0.15, -0.1) is 0 Å². The van der Waals surface area contributed by atoms with E-state index in [0.717, 1.165) is 61.6 Å². The number of ketones is 1. The van der Waals surface area contributed by atoms with E-state index in [4.69, 9.17) is 23.7 Å². The molecule has 0 aromatic heterocycles. The van der Waals surface area contributed by atoms with E-state index in [9.17, 15) is 28.8 Å². The third-order valence-corrected chi connectivity index (χ3v) is 13.1. The fraction of sp³-hybridized carbons (Fsp3) is 0.682. The highest BCUT2D eigenvalue weighted by Crippen LogP contribution is 2.65. The van der Waals surface area contributed by atoms with Crippen LogP contribution in [0.1, 0.15) is 135 Å². The van der Waals surface area contributed by atoms with Crippen LogP contribution in [-0.2, 0) is 53.1 Å². The predicted octanol–water partition coefficient (Wildman–Crippen LogP) is 7.53. The molecule has 3 saturated carbocycles. The second-order valence-corrected chi connectivity index (χ2v) is 17.6. The maximum atomic E-state index is 13.8. The summed E-state index contributed by atoms with van der Waals surface area (Å²) in [6, 6.07) is 3.80. The van der Waals surface area contributed by atoms with Crippen LogP contribution in [0.25, 0.3) is 0 Å². The minimum atomic E-state index is -0.969. The third kappa shape index (κ3) is 9.69. The van der Waals surface area contributed by atoms with Crippen LogP contribution in [0.3, 0.4) is 0 Å². The molecule has 11 nitrogen and oxygen atoms in total. The molecule has 5 rings (SSSR count). The molecule has 4 aliphatic rings. The van der Waals surface area contributed by atoms with Gasteiger partial charge >= 0.3 is 29.8 Å². The van der Waals surface area contributed by atoms with E-state index in [-0.39, 0.29) is 67.6 Å². The summed E-state index contributed by atoms with van der Waals surface area (Å²) >= 11 is 0. The summed E-state index contributed by atoms with van der Waals surface area (Å²) in [5.41, 5.74) is 3.20. The Morgan fingerprint density at radius 1 is 0.836 bits per heavy atom. The summed E-state index contributed by atoms with van der Waals surface area (Å²) in [5, 5.41) is 0. The molecule has 302 valence electrons. The van der Waals surface area contributed by atoms with Crippen molar-refractivity contribution in [2.45, 2.75) is 150 Å². The average molecular weight is 765 g/mol. The van der Waals surface area contributed by atoms with Crippen LogP contribution in [0.4, 0.5) is 0 Å². The number of hydrogen-bond donors (Lipinski definition) is 0. The highest BCUT2D eigenvalue weighted by Gasteiger charge is 2.60. The first-order valence-corrected chi connectivity index (χ1v) is 20.0. The first kappa shape index (κ1) is 42.1. The van der Waals surface area contributed by atoms with Crippen molar-refractivity contribution in [1.82, 2.24) is 0 Å². The van der Waals surface area contributed by atoms with Crippen LogP contribution in [-0.4, -0.2) is 61.1 Å². The van der Waals surface area contributed by atoms with Gasteiger partial charge in [-0.2, -0.15) is 0 Å². The molecule has 6 atom stereocenters. The lowest BCUT2D eigenvalue weighted by atomic mass is 9.47. The van der Waals surface area contributed by atoms with Gasteiger partial charge in [-0.3, -0.25) is 28.8 Å². The smallest absolute Gasteiger partial charge is 0.311 e. The van der Waals surface area contributed by atoms with Crippen LogP contribution < -0.4 is 4.74 Å². The molecule has 3 unspecified atom stereocenters. The highest BCUT2D eigenvalue weighted by molar-refractivity contribution is 5.91. The fourth-order valence-corrected chi connectivity index (χ4v) is 10.6. The Labute approximate surface area is 325 Å². The molecule has 4 aliphatic carbocycles. The van der Waals surface area contributed by atoms with Gasteiger partial charge in [0.2, 0.25) is 0 Å². The molecule has 0 saturated heterocycles. The number of carbonyl (C=O) groups excluding carboxylic acids is 6. The van der Waals surface area contributed by atoms with Gasteiger partial charge in [-0.05, 0) is 112 Å². The van der Waals surface area contributed by atoms with Crippen LogP contribution in [0.2, 0.25) is 0 Å². The van der Waals surface area contributed by atoms with Crippen molar-refractivity contribution in [3.05, 3.63) is 40.5 Å². The molecule has 3 fully saturated rings. The first-order chi connectivity index (χ1) is 25.8. The van der Waals surface area contributed by atoms with Crippen molar-refractivity contribution < 1.29 is 52.5 Å². The van der Waals surface area contributed by atoms with Gasteiger partial charge in [0.25, 0.3) is 0 Å². The zero-order chi connectivity index (χ0) is 40.3. The number of benzene rings is 1. The number of rotatable bonds is 14. The maximum Gasteiger partial charge on any atom is 0.311 e. The van der Waals surface area contributed by atoms with Crippen molar-refractivity contribution in [2.24, 2.45) is 28.6 Å². The molecular weight excluding hydrogens is 704 g/mol. The molecule has 0 amide bonds. The number of ether oxygens (including phenoxy) is 5. The molecular formula is C44H60O11. The summed E-state index contributed by atoms with van der Waals surface area (Å²) in [6.07, 6.45) is 8.57. The third-order valence-electron chi connectivity index (χ3n) is 13.1. The fourth-order valence-electron chi connectivity index (χ4n) is 10.6. The van der Waals surface area contributed by atoms with Gasteiger partial charge in [0.1, 0.15) is 25.1 Å². The van der Waals surface area contributed by atoms with Crippen LogP contribution in [0, 0.1) is 42.4 Å². The molecule has 0 N–H and O–H groups in total. The Bertz CT molecular complexity index is 1690. The summed E-state index contributed by atoms with van der Waals surface area (Å²) < 4.78 is 27.4. The van der Waals surface area contributed by atoms with Gasteiger partial charge in [0.05, 0.1) is 6.42 Å². The summed E-state index contributed by atoms with van der Waals surface area (Å²) in [4.78, 5) is 74.1. The van der Waals surface area contributed by atoms with E-state index >= 15 is 0 Å². The van der Waals surface area contributed by atoms with Gasteiger partial charge in [0, 0.05) is 49.5 Å². The number of aryl methyl sites for hydroxylation is 2. The summed E-state index contributed by atoms with van der Waals surface area (Å²) in [7, 11) is 0. The van der Waals surface area contributed by atoms with E-state index in [2.05, 4.69) is 13.8 Å². The molecule has 0 radical (unpaired) electrons. The summed E-state index contributed by atoms with van der Waals surface area (Å²) in [6.45, 7) is 14.4. The Balaban J connectivity index is 1.18. The van der Waals surface area contributed by atoms with Crippen LogP contribution in [0.15, 0.2) is 23.8 Å². The lowest BCUT2D eigenvalue weighted by Gasteiger charge is -2.57. The van der Waals surface area contributed by atoms with Crippen LogP contribution in [0.5, 0.6) is 5.75 Å². The molecule has 0 heterocycles. The Kier molecular flexibility index (Phi) is 13.0. The van der Waals surface area contributed by atoms with E-state index in [0.29, 0.717) is 29.9 Å². The van der Waals surface area contributed by atoms with E-state index in [1.54, 1.807) is 6.07 Å². The second-order valence-electron chi connectivity index (χ2n) is 17.6. The van der Waals surface area contributed by atoms with Crippen molar-refractivity contribution in [3.8, 4) is 5.75 Å². The average Bonchev–Trinajstić information content (AvgIpc) is 3.40. The number of fused-ring (bicyclic) bond motifs is 5. The number of esters is 5. The predicted molar refractivity (Wildman–Crippen MR) is 203 cm³/mol. The quantitative estimate of drug-likeness (QED) is 0.105. The standard InChI is InChI=1S/C44H60O11/c1-26-20-27(2)41(36(21-26)54-39(49)11-9-10-38(48)53-32(24-51-28(3)45)25-52-29(4)46)42(5,6)23-40(50)55-37-15-14-34-33-13-12-30-22-31(47)16-18-43(30,7)35(33)17-19-44(34,37)8/h20-22,32-35,37H,9-19,23-25H2,1-8H3/t33-,34-,35-,37?,43?,44?/m0/s1. The monoisotopic (exact) mass is 764 g/mol. The molecule has 0 aliphatic heterocycles. The van der Waals surface area contributed by atoms with Gasteiger partial charge in [-0.25, -0.2) is 0 Å². The van der Waals surface area contributed by atoms with Gasteiger partial charge in [0.15, 0.2) is 11.9 Å². The molecule has 0 spiro atoms. The minimum absolute atomic E-state index is 0.0687.